The molecule has 0 aliphatic carbocycles. The minimum atomic E-state index is -1.14. The second kappa shape index (κ2) is 2.91. The van der Waals surface area contributed by atoms with Gasteiger partial charge in [-0.15, -0.1) is 0 Å². The summed E-state index contributed by atoms with van der Waals surface area (Å²) in [6.45, 7) is 1.54. The number of hydrogen-bond donors (Lipinski definition) is 1. The van der Waals surface area contributed by atoms with Gasteiger partial charge in [-0.25, -0.2) is 4.39 Å². The zero-order valence-corrected chi connectivity index (χ0v) is 7.60. The average molecular weight is 219 g/mol. The molecule has 1 rings (SSSR count). The molecule has 1 unspecified atom stereocenters. The Morgan fingerprint density at radius 3 is 2.55 bits per heavy atom. The van der Waals surface area contributed by atoms with Gasteiger partial charge >= 0.3 is 0 Å². The fourth-order valence-corrected chi connectivity index (χ4v) is 1.02. The smallest absolute Gasteiger partial charge is 0.142 e. The van der Waals surface area contributed by atoms with Gasteiger partial charge in [0.05, 0.1) is 0 Å². The summed E-state index contributed by atoms with van der Waals surface area (Å²) >= 11 is 3.01. The van der Waals surface area contributed by atoms with E-state index in [1.807, 2.05) is 0 Å². The maximum Gasteiger partial charge on any atom is 0.142 e. The Labute approximate surface area is 73.0 Å². The summed E-state index contributed by atoms with van der Waals surface area (Å²) in [5.74, 6) is -0.345. The van der Waals surface area contributed by atoms with Crippen LogP contribution in [0.15, 0.2) is 24.3 Å². The van der Waals surface area contributed by atoms with Crippen molar-refractivity contribution in [1.29, 1.82) is 0 Å². The van der Waals surface area contributed by atoms with Crippen molar-refractivity contribution >= 4 is 15.9 Å². The lowest BCUT2D eigenvalue weighted by molar-refractivity contribution is 0.167. The largest absolute Gasteiger partial charge is 0.375 e. The van der Waals surface area contributed by atoms with E-state index in [4.69, 9.17) is 0 Å². The quantitative estimate of drug-likeness (QED) is 0.719. The maximum atomic E-state index is 12.6. The predicted molar refractivity (Wildman–Crippen MR) is 44.9 cm³/mol. The molecule has 1 N–H and O–H groups in total. The van der Waals surface area contributed by atoms with E-state index in [0.29, 0.717) is 5.56 Å². The van der Waals surface area contributed by atoms with Crippen LogP contribution in [0.4, 0.5) is 4.39 Å². The minimum Gasteiger partial charge on any atom is -0.375 e. The summed E-state index contributed by atoms with van der Waals surface area (Å²) in [7, 11) is 0. The van der Waals surface area contributed by atoms with Crippen molar-refractivity contribution in [2.24, 2.45) is 0 Å². The zero-order chi connectivity index (χ0) is 8.48. The number of hydrogen-bond acceptors (Lipinski definition) is 1. The summed E-state index contributed by atoms with van der Waals surface area (Å²) in [5, 5.41) is 9.36. The molecule has 0 amide bonds. The van der Waals surface area contributed by atoms with Crippen LogP contribution in [0.3, 0.4) is 0 Å². The number of rotatable bonds is 1. The van der Waals surface area contributed by atoms with Crippen LogP contribution in [-0.4, -0.2) is 5.11 Å². The molecule has 1 aromatic carbocycles. The van der Waals surface area contributed by atoms with Gasteiger partial charge in [-0.3, -0.25) is 0 Å². The van der Waals surface area contributed by atoms with Crippen molar-refractivity contribution in [1.82, 2.24) is 0 Å². The van der Waals surface area contributed by atoms with Gasteiger partial charge in [-0.2, -0.15) is 0 Å². The van der Waals surface area contributed by atoms with E-state index in [0.717, 1.165) is 0 Å². The molecule has 0 saturated carbocycles. The number of halogens is 2. The van der Waals surface area contributed by atoms with Gasteiger partial charge in [0.25, 0.3) is 0 Å². The molecule has 3 heteroatoms. The molecular formula is C8H8BrFO. The standard InChI is InChI=1S/C8H8BrFO/c1-8(9,11)6-3-2-4-7(10)5-6/h2-5,11H,1H3. The van der Waals surface area contributed by atoms with Gasteiger partial charge in [0.15, 0.2) is 0 Å². The second-order valence-electron chi connectivity index (χ2n) is 2.46. The van der Waals surface area contributed by atoms with Gasteiger partial charge in [-0.1, -0.05) is 12.1 Å². The van der Waals surface area contributed by atoms with Gasteiger partial charge < -0.3 is 5.11 Å². The van der Waals surface area contributed by atoms with E-state index in [9.17, 15) is 9.50 Å². The molecule has 1 aromatic rings. The van der Waals surface area contributed by atoms with E-state index < -0.39 is 4.51 Å². The van der Waals surface area contributed by atoms with E-state index in [1.54, 1.807) is 19.1 Å². The van der Waals surface area contributed by atoms with Crippen LogP contribution in [0.5, 0.6) is 0 Å². The third kappa shape index (κ3) is 2.27. The fourth-order valence-electron chi connectivity index (χ4n) is 0.772. The molecule has 0 aliphatic heterocycles. The van der Waals surface area contributed by atoms with Gasteiger partial charge in [-0.05, 0) is 40.5 Å². The summed E-state index contributed by atoms with van der Waals surface area (Å²) in [4.78, 5) is 0. The lowest BCUT2D eigenvalue weighted by Crippen LogP contribution is -2.10. The van der Waals surface area contributed by atoms with E-state index in [1.165, 1.54) is 12.1 Å². The summed E-state index contributed by atoms with van der Waals surface area (Å²) in [6.07, 6.45) is 0. The van der Waals surface area contributed by atoms with Crippen molar-refractivity contribution in [2.75, 3.05) is 0 Å². The third-order valence-corrected chi connectivity index (χ3v) is 1.81. The summed E-state index contributed by atoms with van der Waals surface area (Å²) in [5.41, 5.74) is 0.512. The van der Waals surface area contributed by atoms with Crippen molar-refractivity contribution < 1.29 is 9.50 Å². The van der Waals surface area contributed by atoms with Crippen molar-refractivity contribution in [3.63, 3.8) is 0 Å². The Morgan fingerprint density at radius 2 is 2.18 bits per heavy atom. The molecule has 11 heavy (non-hydrogen) atoms. The molecule has 0 spiro atoms. The molecule has 0 radical (unpaired) electrons. The van der Waals surface area contributed by atoms with E-state index >= 15 is 0 Å². The Morgan fingerprint density at radius 1 is 1.55 bits per heavy atom. The van der Waals surface area contributed by atoms with Crippen molar-refractivity contribution in [2.45, 2.75) is 11.4 Å². The van der Waals surface area contributed by atoms with Crippen molar-refractivity contribution in [3.05, 3.63) is 35.6 Å². The number of benzene rings is 1. The first kappa shape index (κ1) is 8.68. The number of alkyl halides is 1. The van der Waals surface area contributed by atoms with Crippen LogP contribution in [0.2, 0.25) is 0 Å². The molecule has 0 saturated heterocycles. The molecule has 60 valence electrons. The fraction of sp³-hybridized carbons (Fsp3) is 0.250. The van der Waals surface area contributed by atoms with E-state index in [2.05, 4.69) is 15.9 Å². The predicted octanol–water partition coefficient (Wildman–Crippen LogP) is 2.39. The molecule has 1 atom stereocenters. The normalized spacial score (nSPS) is 16.0. The van der Waals surface area contributed by atoms with E-state index in [-0.39, 0.29) is 5.82 Å². The maximum absolute atomic E-state index is 12.6. The van der Waals surface area contributed by atoms with Crippen LogP contribution >= 0.6 is 15.9 Å². The average Bonchev–Trinajstić information content (AvgIpc) is 1.86. The van der Waals surface area contributed by atoms with Crippen molar-refractivity contribution in [3.8, 4) is 0 Å². The van der Waals surface area contributed by atoms with Crippen LogP contribution in [0.25, 0.3) is 0 Å². The van der Waals surface area contributed by atoms with Gasteiger partial charge in [0.1, 0.15) is 10.3 Å². The van der Waals surface area contributed by atoms with Gasteiger partial charge in [0, 0.05) is 0 Å². The molecule has 0 aromatic heterocycles. The first-order chi connectivity index (χ1) is 5.00. The Hall–Kier alpha value is -0.410. The molecule has 0 heterocycles. The molecule has 0 aliphatic rings. The van der Waals surface area contributed by atoms with Crippen LogP contribution in [0.1, 0.15) is 12.5 Å². The highest BCUT2D eigenvalue weighted by atomic mass is 79.9. The highest BCUT2D eigenvalue weighted by Crippen LogP contribution is 2.27. The minimum absolute atomic E-state index is 0.345. The van der Waals surface area contributed by atoms with Crippen LogP contribution in [-0.2, 0) is 4.51 Å². The summed E-state index contributed by atoms with van der Waals surface area (Å²) in [6, 6.07) is 5.83. The molecular weight excluding hydrogens is 211 g/mol. The highest BCUT2D eigenvalue weighted by molar-refractivity contribution is 9.09. The second-order valence-corrected chi connectivity index (χ2v) is 4.01. The summed E-state index contributed by atoms with van der Waals surface area (Å²) < 4.78 is 11.4. The highest BCUT2D eigenvalue weighted by Gasteiger charge is 2.17. The molecule has 0 bridgehead atoms. The lowest BCUT2D eigenvalue weighted by Gasteiger charge is -2.14. The third-order valence-electron chi connectivity index (χ3n) is 1.35. The van der Waals surface area contributed by atoms with Gasteiger partial charge in [0.2, 0.25) is 0 Å². The van der Waals surface area contributed by atoms with Crippen LogP contribution in [0, 0.1) is 5.82 Å². The first-order valence-corrected chi connectivity index (χ1v) is 3.97. The number of aliphatic hydroxyl groups is 1. The molecule has 0 fully saturated rings. The monoisotopic (exact) mass is 218 g/mol. The Kier molecular flexibility index (Phi) is 2.30. The Balaban J connectivity index is 3.06. The first-order valence-electron chi connectivity index (χ1n) is 3.17. The SMILES string of the molecule is CC(O)(Br)c1cccc(F)c1. The topological polar surface area (TPSA) is 20.2 Å². The lowest BCUT2D eigenvalue weighted by atomic mass is 10.1. The molecule has 1 nitrogen and oxygen atoms in total. The zero-order valence-electron chi connectivity index (χ0n) is 6.01. The Bertz CT molecular complexity index is 255. The van der Waals surface area contributed by atoms with Crippen LogP contribution < -0.4 is 0 Å².